The third-order valence-electron chi connectivity index (χ3n) is 5.91. The first-order valence-electron chi connectivity index (χ1n) is 9.83. The van der Waals surface area contributed by atoms with E-state index in [2.05, 4.69) is 54.2 Å². The van der Waals surface area contributed by atoms with Gasteiger partial charge in [0.25, 0.3) is 0 Å². The van der Waals surface area contributed by atoms with E-state index in [1.807, 2.05) is 30.3 Å². The Labute approximate surface area is 181 Å². The molecule has 5 heterocycles. The summed E-state index contributed by atoms with van der Waals surface area (Å²) >= 11 is 3.64. The highest BCUT2D eigenvalue weighted by Crippen LogP contribution is 2.37. The summed E-state index contributed by atoms with van der Waals surface area (Å²) in [6.45, 7) is 1.49. The van der Waals surface area contributed by atoms with Crippen molar-refractivity contribution in [1.29, 1.82) is 0 Å². The third-order valence-corrected chi connectivity index (χ3v) is 6.68. The third kappa shape index (κ3) is 2.51. The van der Waals surface area contributed by atoms with E-state index in [1.165, 1.54) is 11.3 Å². The van der Waals surface area contributed by atoms with Crippen LogP contribution in [-0.4, -0.2) is 29.4 Å². The van der Waals surface area contributed by atoms with E-state index in [0.717, 1.165) is 64.3 Å². The number of allylic oxidation sites excluding steroid dienone is 1. The summed E-state index contributed by atoms with van der Waals surface area (Å²) in [6.07, 6.45) is 12.0. The van der Waals surface area contributed by atoms with Gasteiger partial charge in [-0.2, -0.15) is 14.7 Å². The number of aromatic nitrogens is 6. The molecule has 0 unspecified atom stereocenters. The number of pyridine rings is 1. The predicted molar refractivity (Wildman–Crippen MR) is 119 cm³/mol. The summed E-state index contributed by atoms with van der Waals surface area (Å²) in [4.78, 5) is 11.9. The van der Waals surface area contributed by atoms with Gasteiger partial charge in [0.1, 0.15) is 16.1 Å². The fraction of sp³-hybridized carbons (Fsp3) is 0.238. The van der Waals surface area contributed by atoms with Crippen LogP contribution in [0.15, 0.2) is 35.2 Å². The molecule has 9 heteroatoms. The van der Waals surface area contributed by atoms with Crippen molar-refractivity contribution in [3.8, 4) is 11.1 Å². The van der Waals surface area contributed by atoms with Crippen molar-refractivity contribution >= 4 is 39.3 Å². The van der Waals surface area contributed by atoms with Gasteiger partial charge in [0.2, 0.25) is 0 Å². The minimum atomic E-state index is 0.529. The molecule has 0 saturated heterocycles. The molecule has 30 heavy (non-hydrogen) atoms. The lowest BCUT2D eigenvalue weighted by atomic mass is 10.00. The van der Waals surface area contributed by atoms with E-state index in [1.54, 1.807) is 4.52 Å². The van der Waals surface area contributed by atoms with E-state index >= 15 is 0 Å². The second-order valence-corrected chi connectivity index (χ2v) is 8.52. The molecule has 0 spiro atoms. The van der Waals surface area contributed by atoms with Crippen LogP contribution in [0.25, 0.3) is 22.9 Å². The Morgan fingerprint density at radius 2 is 2.03 bits per heavy atom. The number of hydrogen-bond acceptors (Lipinski definition) is 6. The number of nitrogens with two attached hydrogens (primary N) is 1. The fourth-order valence-electron chi connectivity index (χ4n) is 4.27. The van der Waals surface area contributed by atoms with Crippen LogP contribution in [0.4, 0.5) is 11.6 Å². The van der Waals surface area contributed by atoms with Gasteiger partial charge in [0, 0.05) is 42.2 Å². The molecule has 150 valence electrons. The summed E-state index contributed by atoms with van der Waals surface area (Å²) in [6, 6.07) is 2.16. The zero-order valence-corrected chi connectivity index (χ0v) is 18.0. The molecule has 0 saturated carbocycles. The van der Waals surface area contributed by atoms with E-state index in [0.29, 0.717) is 5.82 Å². The average Bonchev–Trinajstić information content (AvgIpc) is 3.46. The maximum Gasteiger partial charge on any atom is 0.167 e. The average molecular weight is 463 g/mol. The number of rotatable bonds is 2. The molecule has 6 rings (SSSR count). The molecule has 4 aromatic heterocycles. The Kier molecular flexibility index (Phi) is 3.76. The summed E-state index contributed by atoms with van der Waals surface area (Å²) in [7, 11) is 1.97. The molecular formula is C21H19BrN8. The second-order valence-electron chi connectivity index (χ2n) is 7.73. The fourth-order valence-corrected chi connectivity index (χ4v) is 4.78. The van der Waals surface area contributed by atoms with Gasteiger partial charge in [0.05, 0.1) is 24.6 Å². The number of anilines is 2. The minimum absolute atomic E-state index is 0.529. The maximum atomic E-state index is 6.44. The molecule has 8 nitrogen and oxygen atoms in total. The number of fused-ring (bicyclic) bond motifs is 3. The summed E-state index contributed by atoms with van der Waals surface area (Å²) in [5, 5.41) is 8.84. The standard InChI is InChI=1S/C21H19BrN8/c1-28-17-11-29(10-14(17)8-25-28)21-18(22)19(23)30-20(27-21)15(9-26-30)13-6-12-4-2-3-5-16(12)24-7-13/h2,4,6-9H,3,5,10-11,23H2,1H3. The van der Waals surface area contributed by atoms with Crippen LogP contribution in [0.3, 0.4) is 0 Å². The van der Waals surface area contributed by atoms with Crippen LogP contribution in [0.2, 0.25) is 0 Å². The molecule has 0 fully saturated rings. The first-order chi connectivity index (χ1) is 14.6. The van der Waals surface area contributed by atoms with Crippen molar-refractivity contribution in [3.05, 3.63) is 57.7 Å². The normalized spacial score (nSPS) is 15.1. The highest BCUT2D eigenvalue weighted by atomic mass is 79.9. The van der Waals surface area contributed by atoms with Gasteiger partial charge in [-0.25, -0.2) is 4.98 Å². The summed E-state index contributed by atoms with van der Waals surface area (Å²) < 4.78 is 4.35. The zero-order valence-electron chi connectivity index (χ0n) is 16.4. The minimum Gasteiger partial charge on any atom is -0.383 e. The molecule has 2 N–H and O–H groups in total. The van der Waals surface area contributed by atoms with Crippen molar-refractivity contribution in [2.45, 2.75) is 25.9 Å². The van der Waals surface area contributed by atoms with Crippen molar-refractivity contribution in [3.63, 3.8) is 0 Å². The number of halogens is 1. The van der Waals surface area contributed by atoms with E-state index in [4.69, 9.17) is 10.7 Å². The molecule has 4 aromatic rings. The van der Waals surface area contributed by atoms with Gasteiger partial charge in [-0.15, -0.1) is 0 Å². The Morgan fingerprint density at radius 1 is 1.13 bits per heavy atom. The molecule has 1 aliphatic heterocycles. The second kappa shape index (κ2) is 6.40. The smallest absolute Gasteiger partial charge is 0.167 e. The van der Waals surface area contributed by atoms with Gasteiger partial charge in [-0.1, -0.05) is 12.2 Å². The van der Waals surface area contributed by atoms with E-state index in [-0.39, 0.29) is 0 Å². The van der Waals surface area contributed by atoms with Crippen molar-refractivity contribution in [2.24, 2.45) is 7.05 Å². The Balaban J connectivity index is 1.48. The van der Waals surface area contributed by atoms with Gasteiger partial charge in [-0.05, 0) is 40.4 Å². The van der Waals surface area contributed by atoms with Crippen LogP contribution in [0, 0.1) is 0 Å². The summed E-state index contributed by atoms with van der Waals surface area (Å²) in [5.41, 5.74) is 13.8. The number of hydrogen-bond donors (Lipinski definition) is 1. The molecule has 2 aliphatic rings. The maximum absolute atomic E-state index is 6.44. The summed E-state index contributed by atoms with van der Waals surface area (Å²) in [5.74, 6) is 1.34. The largest absolute Gasteiger partial charge is 0.383 e. The van der Waals surface area contributed by atoms with Crippen LogP contribution >= 0.6 is 15.9 Å². The molecule has 0 amide bonds. The number of nitrogen functional groups attached to an aromatic ring is 1. The first kappa shape index (κ1) is 17.6. The first-order valence-corrected chi connectivity index (χ1v) is 10.6. The van der Waals surface area contributed by atoms with Crippen LogP contribution < -0.4 is 10.6 Å². The molecular weight excluding hydrogens is 444 g/mol. The Hall–Kier alpha value is -3.20. The van der Waals surface area contributed by atoms with Gasteiger partial charge >= 0.3 is 0 Å². The molecule has 0 radical (unpaired) electrons. The molecule has 0 aromatic carbocycles. The SMILES string of the molecule is Cn1ncc2c1CN(c1nc3c(-c4cnc5c(c4)C=CCC5)cnn3c(N)c1Br)C2. The highest BCUT2D eigenvalue weighted by Gasteiger charge is 2.27. The Morgan fingerprint density at radius 3 is 2.90 bits per heavy atom. The lowest BCUT2D eigenvalue weighted by Gasteiger charge is -2.20. The van der Waals surface area contributed by atoms with Crippen molar-refractivity contribution in [2.75, 3.05) is 10.6 Å². The quantitative estimate of drug-likeness (QED) is 0.491. The molecule has 0 bridgehead atoms. The van der Waals surface area contributed by atoms with Crippen LogP contribution in [-0.2, 0) is 26.6 Å². The van der Waals surface area contributed by atoms with Gasteiger partial charge in [-0.3, -0.25) is 9.67 Å². The van der Waals surface area contributed by atoms with Gasteiger partial charge in [0.15, 0.2) is 5.65 Å². The predicted octanol–water partition coefficient (Wildman–Crippen LogP) is 3.35. The molecule has 0 atom stereocenters. The number of nitrogens with zero attached hydrogens (tertiary/aromatic N) is 7. The van der Waals surface area contributed by atoms with Crippen molar-refractivity contribution in [1.82, 2.24) is 29.4 Å². The number of aryl methyl sites for hydroxylation is 2. The van der Waals surface area contributed by atoms with E-state index in [9.17, 15) is 0 Å². The van der Waals surface area contributed by atoms with Crippen LogP contribution in [0.5, 0.6) is 0 Å². The molecule has 1 aliphatic carbocycles. The van der Waals surface area contributed by atoms with Crippen molar-refractivity contribution < 1.29 is 0 Å². The van der Waals surface area contributed by atoms with Crippen LogP contribution in [0.1, 0.15) is 28.9 Å². The Bertz CT molecular complexity index is 1350. The highest BCUT2D eigenvalue weighted by molar-refractivity contribution is 9.10. The lowest BCUT2D eigenvalue weighted by molar-refractivity contribution is 0.700. The zero-order chi connectivity index (χ0) is 20.4. The van der Waals surface area contributed by atoms with Gasteiger partial charge < -0.3 is 10.6 Å². The van der Waals surface area contributed by atoms with E-state index < -0.39 is 0 Å². The monoisotopic (exact) mass is 462 g/mol. The topological polar surface area (TPSA) is 90.2 Å². The lowest BCUT2D eigenvalue weighted by Crippen LogP contribution is -2.19.